The Hall–Kier alpha value is -2.23. The molecule has 1 aromatic carbocycles. The molecule has 0 saturated carbocycles. The number of fused-ring (bicyclic) bond motifs is 1. The Morgan fingerprint density at radius 3 is 2.65 bits per heavy atom. The molecule has 4 heteroatoms. The molecular formula is C13H12N4. The zero-order valence-corrected chi connectivity index (χ0v) is 9.75. The highest BCUT2D eigenvalue weighted by Crippen LogP contribution is 2.19. The highest BCUT2D eigenvalue weighted by molar-refractivity contribution is 5.78. The number of hydrogen-bond acceptors (Lipinski definition) is 3. The quantitative estimate of drug-likeness (QED) is 0.637. The summed E-state index contributed by atoms with van der Waals surface area (Å²) in [6.45, 7) is 1.96. The van der Waals surface area contributed by atoms with Crippen molar-refractivity contribution in [2.75, 3.05) is 0 Å². The predicted octanol–water partition coefficient (Wildman–Crippen LogP) is 2.34. The molecule has 0 aliphatic carbocycles. The molecule has 84 valence electrons. The summed E-state index contributed by atoms with van der Waals surface area (Å²) >= 11 is 0. The average Bonchev–Trinajstić information content (AvgIpc) is 2.66. The second kappa shape index (κ2) is 3.66. The third kappa shape index (κ3) is 1.58. The summed E-state index contributed by atoms with van der Waals surface area (Å²) in [5.41, 5.74) is 3.84. The van der Waals surface area contributed by atoms with Crippen LogP contribution in [-0.4, -0.2) is 19.7 Å². The summed E-state index contributed by atoms with van der Waals surface area (Å²) in [5, 5.41) is 4.34. The Bertz CT molecular complexity index is 670. The molecule has 0 bridgehead atoms. The van der Waals surface area contributed by atoms with E-state index in [4.69, 9.17) is 0 Å². The summed E-state index contributed by atoms with van der Waals surface area (Å²) in [6.07, 6.45) is 1.82. The molecule has 2 aromatic heterocycles. The summed E-state index contributed by atoms with van der Waals surface area (Å²) in [6, 6.07) is 9.97. The van der Waals surface area contributed by atoms with Gasteiger partial charge >= 0.3 is 0 Å². The zero-order valence-electron chi connectivity index (χ0n) is 9.75. The van der Waals surface area contributed by atoms with E-state index in [2.05, 4.69) is 15.1 Å². The largest absolute Gasteiger partial charge is 0.264 e. The van der Waals surface area contributed by atoms with Gasteiger partial charge in [-0.15, -0.1) is 0 Å². The van der Waals surface area contributed by atoms with Crippen LogP contribution >= 0.6 is 0 Å². The van der Waals surface area contributed by atoms with Gasteiger partial charge in [0.25, 0.3) is 0 Å². The Morgan fingerprint density at radius 2 is 1.88 bits per heavy atom. The van der Waals surface area contributed by atoms with Crippen LogP contribution in [0, 0.1) is 6.92 Å². The van der Waals surface area contributed by atoms with Crippen molar-refractivity contribution in [2.45, 2.75) is 6.92 Å². The van der Waals surface area contributed by atoms with E-state index >= 15 is 0 Å². The number of nitrogens with zero attached hydrogens (tertiary/aromatic N) is 4. The van der Waals surface area contributed by atoms with Crippen molar-refractivity contribution < 1.29 is 0 Å². The van der Waals surface area contributed by atoms with Gasteiger partial charge in [0.1, 0.15) is 11.0 Å². The van der Waals surface area contributed by atoms with Crippen molar-refractivity contribution in [2.24, 2.45) is 7.05 Å². The summed E-state index contributed by atoms with van der Waals surface area (Å²) < 4.78 is 1.80. The summed E-state index contributed by atoms with van der Waals surface area (Å²) in [5.74, 6) is 0.745. The topological polar surface area (TPSA) is 43.6 Å². The maximum absolute atomic E-state index is 4.57. The monoisotopic (exact) mass is 224 g/mol. The van der Waals surface area contributed by atoms with Crippen LogP contribution in [0.3, 0.4) is 0 Å². The molecule has 0 aliphatic heterocycles. The van der Waals surface area contributed by atoms with Crippen molar-refractivity contribution >= 4 is 11.0 Å². The lowest BCUT2D eigenvalue weighted by molar-refractivity contribution is 0.782. The van der Waals surface area contributed by atoms with Crippen LogP contribution in [0.1, 0.15) is 5.69 Å². The lowest BCUT2D eigenvalue weighted by Crippen LogP contribution is -1.92. The first-order valence-corrected chi connectivity index (χ1v) is 5.47. The highest BCUT2D eigenvalue weighted by atomic mass is 15.3. The molecule has 0 aliphatic rings. The molecule has 0 atom stereocenters. The third-order valence-corrected chi connectivity index (χ3v) is 2.79. The number of rotatable bonds is 1. The van der Waals surface area contributed by atoms with Gasteiger partial charge in [-0.25, -0.2) is 9.97 Å². The highest BCUT2D eigenvalue weighted by Gasteiger charge is 2.08. The second-order valence-electron chi connectivity index (χ2n) is 4.00. The average molecular weight is 224 g/mol. The lowest BCUT2D eigenvalue weighted by Gasteiger charge is -1.99. The van der Waals surface area contributed by atoms with E-state index in [1.165, 1.54) is 0 Å². The van der Waals surface area contributed by atoms with Crippen LogP contribution in [-0.2, 0) is 7.05 Å². The minimum Gasteiger partial charge on any atom is -0.264 e. The predicted molar refractivity (Wildman–Crippen MR) is 66.5 cm³/mol. The lowest BCUT2D eigenvalue weighted by atomic mass is 10.2. The number of hydrogen-bond donors (Lipinski definition) is 0. The Morgan fingerprint density at radius 1 is 1.12 bits per heavy atom. The molecule has 3 aromatic rings. The fourth-order valence-electron chi connectivity index (χ4n) is 1.93. The van der Waals surface area contributed by atoms with Crippen LogP contribution in [0.2, 0.25) is 0 Å². The van der Waals surface area contributed by atoms with Gasteiger partial charge in [-0.05, 0) is 6.92 Å². The number of aromatic nitrogens is 4. The first kappa shape index (κ1) is 9.96. The van der Waals surface area contributed by atoms with E-state index in [1.54, 1.807) is 4.68 Å². The van der Waals surface area contributed by atoms with Crippen LogP contribution in [0.15, 0.2) is 36.5 Å². The molecule has 3 rings (SSSR count). The van der Waals surface area contributed by atoms with Gasteiger partial charge < -0.3 is 0 Å². The minimum absolute atomic E-state index is 0.745. The van der Waals surface area contributed by atoms with E-state index in [0.717, 1.165) is 28.1 Å². The van der Waals surface area contributed by atoms with Gasteiger partial charge in [0.05, 0.1) is 11.9 Å². The van der Waals surface area contributed by atoms with E-state index in [0.29, 0.717) is 0 Å². The normalized spacial score (nSPS) is 10.9. The first-order valence-electron chi connectivity index (χ1n) is 5.47. The molecular weight excluding hydrogens is 212 g/mol. The van der Waals surface area contributed by atoms with Crippen LogP contribution in [0.25, 0.3) is 22.4 Å². The standard InChI is InChI=1S/C13H12N4/c1-9-12-11(17(2)16-9)8-14-13(15-12)10-6-4-3-5-7-10/h3-8H,1-2H3. The molecule has 0 radical (unpaired) electrons. The zero-order chi connectivity index (χ0) is 11.8. The molecule has 0 amide bonds. The van der Waals surface area contributed by atoms with Gasteiger partial charge in [0.15, 0.2) is 5.82 Å². The van der Waals surface area contributed by atoms with Crippen LogP contribution in [0.5, 0.6) is 0 Å². The number of benzene rings is 1. The Labute approximate surface area is 98.9 Å². The first-order chi connectivity index (χ1) is 8.25. The molecule has 0 spiro atoms. The molecule has 4 nitrogen and oxygen atoms in total. The Balaban J connectivity index is 2.24. The van der Waals surface area contributed by atoms with Gasteiger partial charge in [-0.3, -0.25) is 4.68 Å². The van der Waals surface area contributed by atoms with Crippen molar-refractivity contribution in [3.8, 4) is 11.4 Å². The van der Waals surface area contributed by atoms with E-state index in [1.807, 2.05) is 50.5 Å². The minimum atomic E-state index is 0.745. The van der Waals surface area contributed by atoms with Crippen LogP contribution < -0.4 is 0 Å². The number of aryl methyl sites for hydroxylation is 2. The van der Waals surface area contributed by atoms with Gasteiger partial charge in [-0.2, -0.15) is 5.10 Å². The fourth-order valence-corrected chi connectivity index (χ4v) is 1.93. The SMILES string of the molecule is Cc1nn(C)c2cnc(-c3ccccc3)nc12. The maximum Gasteiger partial charge on any atom is 0.159 e. The molecule has 17 heavy (non-hydrogen) atoms. The molecule has 0 saturated heterocycles. The van der Waals surface area contributed by atoms with Crippen molar-refractivity contribution in [3.05, 3.63) is 42.2 Å². The Kier molecular flexibility index (Phi) is 2.14. The summed E-state index contributed by atoms with van der Waals surface area (Å²) in [7, 11) is 1.90. The third-order valence-electron chi connectivity index (χ3n) is 2.79. The molecule has 0 fully saturated rings. The van der Waals surface area contributed by atoms with Crippen molar-refractivity contribution in [1.82, 2.24) is 19.7 Å². The molecule has 0 N–H and O–H groups in total. The van der Waals surface area contributed by atoms with E-state index in [9.17, 15) is 0 Å². The fraction of sp³-hybridized carbons (Fsp3) is 0.154. The summed E-state index contributed by atoms with van der Waals surface area (Å²) in [4.78, 5) is 8.95. The van der Waals surface area contributed by atoms with E-state index < -0.39 is 0 Å². The smallest absolute Gasteiger partial charge is 0.159 e. The van der Waals surface area contributed by atoms with Crippen molar-refractivity contribution in [3.63, 3.8) is 0 Å². The van der Waals surface area contributed by atoms with E-state index in [-0.39, 0.29) is 0 Å². The molecule has 0 unspecified atom stereocenters. The van der Waals surface area contributed by atoms with Gasteiger partial charge in [0.2, 0.25) is 0 Å². The second-order valence-corrected chi connectivity index (χ2v) is 4.00. The van der Waals surface area contributed by atoms with Crippen molar-refractivity contribution in [1.29, 1.82) is 0 Å². The molecule has 2 heterocycles. The van der Waals surface area contributed by atoms with Gasteiger partial charge in [0, 0.05) is 12.6 Å². The maximum atomic E-state index is 4.57. The van der Waals surface area contributed by atoms with Gasteiger partial charge in [-0.1, -0.05) is 30.3 Å². The van der Waals surface area contributed by atoms with Crippen LogP contribution in [0.4, 0.5) is 0 Å².